The van der Waals surface area contributed by atoms with Gasteiger partial charge in [0.05, 0.1) is 0 Å². The Balaban J connectivity index is 2.06. The molecular formula is C12H18N2O. The molecule has 0 aromatic carbocycles. The lowest BCUT2D eigenvalue weighted by molar-refractivity contribution is -0.0300. The fraction of sp³-hybridized carbons (Fsp3) is 0.583. The molecule has 2 rings (SSSR count). The van der Waals surface area contributed by atoms with Crippen LogP contribution in [0.3, 0.4) is 0 Å². The standard InChI is InChI=1S/C12H18N2O/c1-9(2)12(15)7-14(8-12)11-4-5-13-10(3)6-11/h4-6,9,15H,7-8H2,1-3H3. The number of aryl methyl sites for hydroxylation is 1. The van der Waals surface area contributed by atoms with Crippen molar-refractivity contribution in [2.24, 2.45) is 5.92 Å². The maximum atomic E-state index is 10.1. The summed E-state index contributed by atoms with van der Waals surface area (Å²) in [5.41, 5.74) is 1.68. The van der Waals surface area contributed by atoms with Gasteiger partial charge in [0.15, 0.2) is 0 Å². The molecule has 2 heterocycles. The van der Waals surface area contributed by atoms with Gasteiger partial charge >= 0.3 is 0 Å². The summed E-state index contributed by atoms with van der Waals surface area (Å²) in [6, 6.07) is 4.05. The largest absolute Gasteiger partial charge is 0.386 e. The number of rotatable bonds is 2. The van der Waals surface area contributed by atoms with E-state index in [1.165, 1.54) is 0 Å². The van der Waals surface area contributed by atoms with Crippen molar-refractivity contribution in [2.75, 3.05) is 18.0 Å². The van der Waals surface area contributed by atoms with Gasteiger partial charge in [0.1, 0.15) is 5.60 Å². The van der Waals surface area contributed by atoms with E-state index >= 15 is 0 Å². The van der Waals surface area contributed by atoms with Gasteiger partial charge in [-0.3, -0.25) is 4.98 Å². The molecule has 3 nitrogen and oxygen atoms in total. The number of aromatic nitrogens is 1. The van der Waals surface area contributed by atoms with Gasteiger partial charge in [0.2, 0.25) is 0 Å². The fourth-order valence-electron chi connectivity index (χ4n) is 1.89. The zero-order chi connectivity index (χ0) is 11.1. The van der Waals surface area contributed by atoms with Crippen molar-refractivity contribution in [2.45, 2.75) is 26.4 Å². The lowest BCUT2D eigenvalue weighted by Crippen LogP contribution is -2.64. The highest BCUT2D eigenvalue weighted by Crippen LogP contribution is 2.32. The van der Waals surface area contributed by atoms with Gasteiger partial charge in [-0.2, -0.15) is 0 Å². The highest BCUT2D eigenvalue weighted by atomic mass is 16.3. The minimum atomic E-state index is -0.503. The number of hydrogen-bond donors (Lipinski definition) is 1. The fourth-order valence-corrected chi connectivity index (χ4v) is 1.89. The zero-order valence-electron chi connectivity index (χ0n) is 9.57. The van der Waals surface area contributed by atoms with Crippen molar-refractivity contribution >= 4 is 5.69 Å². The second-order valence-electron chi connectivity index (χ2n) is 4.77. The van der Waals surface area contributed by atoms with E-state index in [1.807, 2.05) is 19.2 Å². The third-order valence-electron chi connectivity index (χ3n) is 3.25. The third kappa shape index (κ3) is 1.84. The first kappa shape index (κ1) is 10.4. The van der Waals surface area contributed by atoms with Crippen molar-refractivity contribution in [3.8, 4) is 0 Å². The summed E-state index contributed by atoms with van der Waals surface area (Å²) < 4.78 is 0. The Morgan fingerprint density at radius 1 is 1.47 bits per heavy atom. The summed E-state index contributed by atoms with van der Waals surface area (Å²) >= 11 is 0. The van der Waals surface area contributed by atoms with E-state index in [0.29, 0.717) is 5.92 Å². The predicted octanol–water partition coefficient (Wildman–Crippen LogP) is 1.60. The van der Waals surface area contributed by atoms with Crippen molar-refractivity contribution in [1.29, 1.82) is 0 Å². The van der Waals surface area contributed by atoms with Crippen molar-refractivity contribution in [3.05, 3.63) is 24.0 Å². The maximum Gasteiger partial charge on any atom is 0.102 e. The molecule has 0 aliphatic carbocycles. The Kier molecular flexibility index (Phi) is 2.43. The highest BCUT2D eigenvalue weighted by Gasteiger charge is 2.43. The Hall–Kier alpha value is -1.09. The van der Waals surface area contributed by atoms with Gasteiger partial charge in [0.25, 0.3) is 0 Å². The summed E-state index contributed by atoms with van der Waals surface area (Å²) in [5, 5.41) is 10.1. The summed E-state index contributed by atoms with van der Waals surface area (Å²) in [7, 11) is 0. The maximum absolute atomic E-state index is 10.1. The molecule has 1 N–H and O–H groups in total. The summed E-state index contributed by atoms with van der Waals surface area (Å²) in [5.74, 6) is 0.316. The van der Waals surface area contributed by atoms with E-state index < -0.39 is 5.60 Å². The van der Waals surface area contributed by atoms with E-state index in [2.05, 4.69) is 29.8 Å². The number of hydrogen-bond acceptors (Lipinski definition) is 3. The first-order valence-electron chi connectivity index (χ1n) is 5.41. The molecule has 1 aliphatic rings. The van der Waals surface area contributed by atoms with Gasteiger partial charge in [-0.05, 0) is 25.0 Å². The zero-order valence-corrected chi connectivity index (χ0v) is 9.57. The molecule has 0 amide bonds. The molecule has 0 radical (unpaired) electrons. The van der Waals surface area contributed by atoms with E-state index in [0.717, 1.165) is 24.5 Å². The number of anilines is 1. The minimum absolute atomic E-state index is 0.316. The van der Waals surface area contributed by atoms with Gasteiger partial charge in [-0.25, -0.2) is 0 Å². The van der Waals surface area contributed by atoms with Crippen LogP contribution in [0.4, 0.5) is 5.69 Å². The average molecular weight is 206 g/mol. The van der Waals surface area contributed by atoms with Crippen LogP contribution in [-0.4, -0.2) is 28.8 Å². The Bertz CT molecular complexity index is 356. The van der Waals surface area contributed by atoms with Crippen LogP contribution in [0.15, 0.2) is 18.3 Å². The minimum Gasteiger partial charge on any atom is -0.386 e. The van der Waals surface area contributed by atoms with E-state index in [1.54, 1.807) is 0 Å². The normalized spacial score (nSPS) is 19.1. The van der Waals surface area contributed by atoms with Crippen LogP contribution in [-0.2, 0) is 0 Å². The van der Waals surface area contributed by atoms with Crippen LogP contribution in [0.25, 0.3) is 0 Å². The van der Waals surface area contributed by atoms with Crippen LogP contribution >= 0.6 is 0 Å². The highest BCUT2D eigenvalue weighted by molar-refractivity contribution is 5.50. The Labute approximate surface area is 90.8 Å². The first-order chi connectivity index (χ1) is 7.01. The summed E-state index contributed by atoms with van der Waals surface area (Å²) in [6.07, 6.45) is 1.82. The van der Waals surface area contributed by atoms with Crippen molar-refractivity contribution in [1.82, 2.24) is 4.98 Å². The van der Waals surface area contributed by atoms with Crippen LogP contribution in [0.1, 0.15) is 19.5 Å². The molecule has 0 spiro atoms. The predicted molar refractivity (Wildman–Crippen MR) is 61.0 cm³/mol. The molecule has 0 unspecified atom stereocenters. The lowest BCUT2D eigenvalue weighted by atomic mass is 9.83. The van der Waals surface area contributed by atoms with Crippen LogP contribution in [0, 0.1) is 12.8 Å². The molecule has 0 atom stereocenters. The number of nitrogens with zero attached hydrogens (tertiary/aromatic N) is 2. The number of pyridine rings is 1. The van der Waals surface area contributed by atoms with Crippen LogP contribution in [0.2, 0.25) is 0 Å². The average Bonchev–Trinajstić information content (AvgIpc) is 2.12. The van der Waals surface area contributed by atoms with E-state index in [-0.39, 0.29) is 0 Å². The molecule has 1 fully saturated rings. The molecule has 1 aromatic heterocycles. The molecule has 3 heteroatoms. The van der Waals surface area contributed by atoms with Crippen molar-refractivity contribution < 1.29 is 5.11 Å². The topological polar surface area (TPSA) is 36.4 Å². The van der Waals surface area contributed by atoms with Crippen molar-refractivity contribution in [3.63, 3.8) is 0 Å². The first-order valence-corrected chi connectivity index (χ1v) is 5.41. The molecule has 0 bridgehead atoms. The second kappa shape index (κ2) is 3.49. The molecule has 82 valence electrons. The lowest BCUT2D eigenvalue weighted by Gasteiger charge is -2.50. The van der Waals surface area contributed by atoms with Crippen LogP contribution < -0.4 is 4.90 Å². The molecule has 1 saturated heterocycles. The summed E-state index contributed by atoms with van der Waals surface area (Å²) in [6.45, 7) is 7.57. The molecule has 1 aromatic rings. The summed E-state index contributed by atoms with van der Waals surface area (Å²) in [4.78, 5) is 6.35. The monoisotopic (exact) mass is 206 g/mol. The van der Waals surface area contributed by atoms with Gasteiger partial charge in [0, 0.05) is 30.7 Å². The smallest absolute Gasteiger partial charge is 0.102 e. The van der Waals surface area contributed by atoms with Gasteiger partial charge < -0.3 is 10.0 Å². The Morgan fingerprint density at radius 2 is 2.13 bits per heavy atom. The molecule has 0 saturated carbocycles. The molecular weight excluding hydrogens is 188 g/mol. The number of β-amino-alcohol motifs (C(OH)–C–C–N with tert-alkyl or cyclic N) is 1. The van der Waals surface area contributed by atoms with Gasteiger partial charge in [-0.15, -0.1) is 0 Å². The van der Waals surface area contributed by atoms with E-state index in [9.17, 15) is 5.11 Å². The van der Waals surface area contributed by atoms with E-state index in [4.69, 9.17) is 0 Å². The third-order valence-corrected chi connectivity index (χ3v) is 3.25. The molecule has 15 heavy (non-hydrogen) atoms. The molecule has 1 aliphatic heterocycles. The SMILES string of the molecule is Cc1cc(N2CC(O)(C(C)C)C2)ccn1. The quantitative estimate of drug-likeness (QED) is 0.798. The second-order valence-corrected chi connectivity index (χ2v) is 4.77. The Morgan fingerprint density at radius 3 is 2.67 bits per heavy atom. The van der Waals surface area contributed by atoms with Crippen LogP contribution in [0.5, 0.6) is 0 Å². The number of aliphatic hydroxyl groups is 1. The van der Waals surface area contributed by atoms with Gasteiger partial charge in [-0.1, -0.05) is 13.8 Å².